The van der Waals surface area contributed by atoms with Gasteiger partial charge in [0.1, 0.15) is 5.82 Å². The Balaban J connectivity index is 2.58. The molecule has 0 amide bonds. The molecule has 0 aliphatic heterocycles. The molecule has 0 aliphatic carbocycles. The van der Waals surface area contributed by atoms with Gasteiger partial charge in [-0.15, -0.1) is 0 Å². The molecule has 0 radical (unpaired) electrons. The van der Waals surface area contributed by atoms with Crippen molar-refractivity contribution in [2.75, 3.05) is 0 Å². The van der Waals surface area contributed by atoms with Crippen molar-refractivity contribution in [3.63, 3.8) is 0 Å². The molecule has 3 heteroatoms. The SMILES string of the molecule is CC(C)c1ccc(F)cc1-n1cccn1. The zero-order valence-corrected chi connectivity index (χ0v) is 8.81. The molecule has 2 aromatic rings. The molecule has 2 rings (SSSR count). The number of rotatable bonds is 2. The van der Waals surface area contributed by atoms with E-state index in [1.165, 1.54) is 12.1 Å². The van der Waals surface area contributed by atoms with Crippen molar-refractivity contribution < 1.29 is 4.39 Å². The fourth-order valence-electron chi connectivity index (χ4n) is 1.61. The number of halogens is 1. The molecular formula is C12H13FN2. The number of nitrogens with zero attached hydrogens (tertiary/aromatic N) is 2. The lowest BCUT2D eigenvalue weighted by Gasteiger charge is -2.12. The molecule has 0 bridgehead atoms. The maximum atomic E-state index is 13.2. The second-order valence-electron chi connectivity index (χ2n) is 3.81. The first-order valence-electron chi connectivity index (χ1n) is 4.98. The number of benzene rings is 1. The van der Waals surface area contributed by atoms with Gasteiger partial charge in [0.05, 0.1) is 5.69 Å². The van der Waals surface area contributed by atoms with Crippen LogP contribution in [0.1, 0.15) is 25.3 Å². The number of hydrogen-bond donors (Lipinski definition) is 0. The minimum atomic E-state index is -0.232. The van der Waals surface area contributed by atoms with Gasteiger partial charge >= 0.3 is 0 Å². The number of aromatic nitrogens is 2. The molecule has 2 nitrogen and oxygen atoms in total. The van der Waals surface area contributed by atoms with Crippen molar-refractivity contribution in [2.45, 2.75) is 19.8 Å². The van der Waals surface area contributed by atoms with E-state index in [4.69, 9.17) is 0 Å². The molecule has 0 saturated carbocycles. The Morgan fingerprint density at radius 3 is 2.73 bits per heavy atom. The molecule has 0 fully saturated rings. The maximum absolute atomic E-state index is 13.2. The molecule has 0 atom stereocenters. The third-order valence-corrected chi connectivity index (χ3v) is 2.37. The normalized spacial score (nSPS) is 10.9. The van der Waals surface area contributed by atoms with Crippen LogP contribution in [0, 0.1) is 5.82 Å². The quantitative estimate of drug-likeness (QED) is 0.734. The molecule has 0 aliphatic rings. The molecule has 0 saturated heterocycles. The predicted octanol–water partition coefficient (Wildman–Crippen LogP) is 3.13. The van der Waals surface area contributed by atoms with Crippen molar-refractivity contribution in [2.24, 2.45) is 0 Å². The molecule has 78 valence electrons. The topological polar surface area (TPSA) is 17.8 Å². The zero-order chi connectivity index (χ0) is 10.8. The Morgan fingerprint density at radius 2 is 2.13 bits per heavy atom. The summed E-state index contributed by atoms with van der Waals surface area (Å²) in [6.45, 7) is 4.17. The van der Waals surface area contributed by atoms with Gasteiger partial charge in [0.25, 0.3) is 0 Å². The fraction of sp³-hybridized carbons (Fsp3) is 0.250. The lowest BCUT2D eigenvalue weighted by atomic mass is 10.0. The van der Waals surface area contributed by atoms with Crippen molar-refractivity contribution in [3.05, 3.63) is 48.0 Å². The predicted molar refractivity (Wildman–Crippen MR) is 57.6 cm³/mol. The minimum absolute atomic E-state index is 0.232. The van der Waals surface area contributed by atoms with Gasteiger partial charge in [-0.05, 0) is 29.7 Å². The van der Waals surface area contributed by atoms with Crippen molar-refractivity contribution >= 4 is 0 Å². The Hall–Kier alpha value is -1.64. The van der Waals surface area contributed by atoms with E-state index in [0.29, 0.717) is 5.92 Å². The second-order valence-corrected chi connectivity index (χ2v) is 3.81. The Labute approximate surface area is 88.4 Å². The van der Waals surface area contributed by atoms with E-state index in [9.17, 15) is 4.39 Å². The van der Waals surface area contributed by atoms with Crippen LogP contribution in [0.5, 0.6) is 0 Å². The first-order chi connectivity index (χ1) is 7.18. The Kier molecular flexibility index (Phi) is 2.54. The minimum Gasteiger partial charge on any atom is -0.241 e. The van der Waals surface area contributed by atoms with E-state index < -0.39 is 0 Å². The number of hydrogen-bond acceptors (Lipinski definition) is 1. The van der Waals surface area contributed by atoms with E-state index in [0.717, 1.165) is 11.3 Å². The summed E-state index contributed by atoms with van der Waals surface area (Å²) in [4.78, 5) is 0. The zero-order valence-electron chi connectivity index (χ0n) is 8.81. The third kappa shape index (κ3) is 1.91. The van der Waals surface area contributed by atoms with Gasteiger partial charge in [-0.2, -0.15) is 5.10 Å². The lowest BCUT2D eigenvalue weighted by molar-refractivity contribution is 0.623. The van der Waals surface area contributed by atoms with E-state index in [1.54, 1.807) is 10.9 Å². The first-order valence-corrected chi connectivity index (χ1v) is 4.98. The van der Waals surface area contributed by atoms with Crippen LogP contribution in [0.15, 0.2) is 36.7 Å². The maximum Gasteiger partial charge on any atom is 0.125 e. The molecule has 1 aromatic heterocycles. The first kappa shape index (κ1) is 9.90. The highest BCUT2D eigenvalue weighted by atomic mass is 19.1. The van der Waals surface area contributed by atoms with Crippen LogP contribution >= 0.6 is 0 Å². The van der Waals surface area contributed by atoms with Gasteiger partial charge < -0.3 is 0 Å². The highest BCUT2D eigenvalue weighted by Crippen LogP contribution is 2.23. The van der Waals surface area contributed by atoms with E-state index >= 15 is 0 Å². The van der Waals surface area contributed by atoms with Gasteiger partial charge in [0.2, 0.25) is 0 Å². The summed E-state index contributed by atoms with van der Waals surface area (Å²) < 4.78 is 14.9. The van der Waals surface area contributed by atoms with Gasteiger partial charge in [0.15, 0.2) is 0 Å². The van der Waals surface area contributed by atoms with Gasteiger partial charge in [-0.25, -0.2) is 9.07 Å². The Morgan fingerprint density at radius 1 is 1.33 bits per heavy atom. The van der Waals surface area contributed by atoms with Crippen LogP contribution in [0.3, 0.4) is 0 Å². The van der Waals surface area contributed by atoms with Crippen molar-refractivity contribution in [1.82, 2.24) is 9.78 Å². The smallest absolute Gasteiger partial charge is 0.125 e. The van der Waals surface area contributed by atoms with Crippen LogP contribution in [0.25, 0.3) is 5.69 Å². The summed E-state index contributed by atoms with van der Waals surface area (Å²) in [5.41, 5.74) is 1.91. The highest BCUT2D eigenvalue weighted by Gasteiger charge is 2.09. The molecule has 15 heavy (non-hydrogen) atoms. The largest absolute Gasteiger partial charge is 0.241 e. The molecule has 0 N–H and O–H groups in total. The van der Waals surface area contributed by atoms with E-state index in [-0.39, 0.29) is 5.82 Å². The van der Waals surface area contributed by atoms with Crippen LogP contribution < -0.4 is 0 Å². The molecule has 0 spiro atoms. The Bertz CT molecular complexity index is 447. The summed E-state index contributed by atoms with van der Waals surface area (Å²) in [6, 6.07) is 6.65. The van der Waals surface area contributed by atoms with E-state index in [1.807, 2.05) is 18.3 Å². The van der Waals surface area contributed by atoms with Crippen LogP contribution in [0.2, 0.25) is 0 Å². The summed E-state index contributed by atoms with van der Waals surface area (Å²) >= 11 is 0. The van der Waals surface area contributed by atoms with Crippen LogP contribution in [0.4, 0.5) is 4.39 Å². The van der Waals surface area contributed by atoms with Gasteiger partial charge in [0, 0.05) is 12.4 Å². The standard InChI is InChI=1S/C12H13FN2/c1-9(2)11-5-4-10(13)8-12(11)15-7-3-6-14-15/h3-9H,1-2H3. The summed E-state index contributed by atoms with van der Waals surface area (Å²) in [7, 11) is 0. The summed E-state index contributed by atoms with van der Waals surface area (Å²) in [5, 5.41) is 4.12. The van der Waals surface area contributed by atoms with Crippen molar-refractivity contribution in [1.29, 1.82) is 0 Å². The van der Waals surface area contributed by atoms with Gasteiger partial charge in [-0.3, -0.25) is 0 Å². The summed E-state index contributed by atoms with van der Waals surface area (Å²) in [6.07, 6.45) is 3.51. The molecule has 0 unspecified atom stereocenters. The average molecular weight is 204 g/mol. The monoisotopic (exact) mass is 204 g/mol. The molecule has 1 aromatic carbocycles. The van der Waals surface area contributed by atoms with Gasteiger partial charge in [-0.1, -0.05) is 19.9 Å². The summed E-state index contributed by atoms with van der Waals surface area (Å²) in [5.74, 6) is 0.120. The van der Waals surface area contributed by atoms with Crippen molar-refractivity contribution in [3.8, 4) is 5.69 Å². The highest BCUT2D eigenvalue weighted by molar-refractivity contribution is 5.42. The third-order valence-electron chi connectivity index (χ3n) is 2.37. The second kappa shape index (κ2) is 3.85. The lowest BCUT2D eigenvalue weighted by Crippen LogP contribution is -2.02. The fourth-order valence-corrected chi connectivity index (χ4v) is 1.61. The molecule has 1 heterocycles. The molecular weight excluding hydrogens is 191 g/mol. The van der Waals surface area contributed by atoms with Crippen LogP contribution in [-0.2, 0) is 0 Å². The van der Waals surface area contributed by atoms with Crippen LogP contribution in [-0.4, -0.2) is 9.78 Å². The average Bonchev–Trinajstić information content (AvgIpc) is 2.69. The van der Waals surface area contributed by atoms with E-state index in [2.05, 4.69) is 18.9 Å².